The number of hydrogen-bond donors (Lipinski definition) is 0. The smallest absolute Gasteiger partial charge is 0.235 e. The molecule has 0 N–H and O–H groups in total. The predicted molar refractivity (Wildman–Crippen MR) is 122 cm³/mol. The van der Waals surface area contributed by atoms with Crippen molar-refractivity contribution in [2.75, 3.05) is 27.8 Å². The summed E-state index contributed by atoms with van der Waals surface area (Å²) in [5.41, 5.74) is 2.11. The number of aromatic nitrogens is 3. The first-order valence-corrected chi connectivity index (χ1v) is 10.9. The van der Waals surface area contributed by atoms with Crippen molar-refractivity contribution in [3.8, 4) is 16.9 Å². The molecule has 8 heteroatoms. The van der Waals surface area contributed by atoms with E-state index in [4.69, 9.17) is 9.47 Å². The molecule has 3 aromatic rings. The van der Waals surface area contributed by atoms with E-state index in [1.54, 1.807) is 26.1 Å². The maximum atomic E-state index is 12.3. The molecule has 3 rings (SSSR count). The Morgan fingerprint density at radius 1 is 1.10 bits per heavy atom. The first-order valence-electron chi connectivity index (χ1n) is 10.1. The number of nitrogens with zero attached hydrogens (tertiary/aromatic N) is 4. The number of carbonyl (C=O) groups is 1. The number of carbonyl (C=O) groups excluding carboxylic acids is 1. The van der Waals surface area contributed by atoms with E-state index in [1.807, 2.05) is 54.0 Å². The van der Waals surface area contributed by atoms with Crippen LogP contribution in [-0.2, 0) is 22.7 Å². The van der Waals surface area contributed by atoms with E-state index in [1.165, 1.54) is 11.8 Å². The number of amides is 1. The number of para-hydroxylation sites is 1. The minimum Gasteiger partial charge on any atom is -0.485 e. The number of methoxy groups -OCH3 is 1. The van der Waals surface area contributed by atoms with Crippen LogP contribution in [0, 0.1) is 0 Å². The van der Waals surface area contributed by atoms with Crippen LogP contribution in [0.5, 0.6) is 5.75 Å². The number of thioether (sulfide) groups is 1. The number of rotatable bonds is 10. The molecule has 31 heavy (non-hydrogen) atoms. The lowest BCUT2D eigenvalue weighted by molar-refractivity contribution is -0.127. The molecule has 1 amide bonds. The highest BCUT2D eigenvalue weighted by Crippen LogP contribution is 2.30. The predicted octanol–water partition coefficient (Wildman–Crippen LogP) is 3.74. The zero-order valence-corrected chi connectivity index (χ0v) is 19.1. The third kappa shape index (κ3) is 5.86. The van der Waals surface area contributed by atoms with Crippen molar-refractivity contribution >= 4 is 17.7 Å². The Labute approximate surface area is 187 Å². The molecular weight excluding hydrogens is 412 g/mol. The fraction of sp³-hybridized carbons (Fsp3) is 0.348. The molecule has 0 saturated carbocycles. The zero-order valence-electron chi connectivity index (χ0n) is 18.3. The molecule has 0 bridgehead atoms. The maximum Gasteiger partial charge on any atom is 0.235 e. The maximum absolute atomic E-state index is 12.3. The van der Waals surface area contributed by atoms with E-state index in [0.29, 0.717) is 24.1 Å². The average Bonchev–Trinajstić information content (AvgIpc) is 3.17. The van der Waals surface area contributed by atoms with Crippen LogP contribution in [0.3, 0.4) is 0 Å². The van der Waals surface area contributed by atoms with Crippen molar-refractivity contribution in [2.24, 2.45) is 0 Å². The van der Waals surface area contributed by atoms with Crippen LogP contribution in [0.15, 0.2) is 59.8 Å². The first-order chi connectivity index (χ1) is 15.0. The summed E-state index contributed by atoms with van der Waals surface area (Å²) in [6.45, 7) is 3.22. The quantitative estimate of drug-likeness (QED) is 0.448. The molecule has 0 aliphatic carbocycles. The normalized spacial score (nSPS) is 11.9. The topological polar surface area (TPSA) is 69.5 Å². The molecule has 164 valence electrons. The standard InChI is InChI=1S/C23H28N4O3S/c1-17(22(28)26(2)3)31-23-25-24-21(27(23)14-15-29-4)16-30-20-13-9-8-12-19(20)18-10-6-5-7-11-18/h5-13,17H,14-16H2,1-4H3. The van der Waals surface area contributed by atoms with Crippen LogP contribution in [0.25, 0.3) is 11.1 Å². The fourth-order valence-electron chi connectivity index (χ4n) is 3.08. The van der Waals surface area contributed by atoms with Crippen LogP contribution in [0.2, 0.25) is 0 Å². The van der Waals surface area contributed by atoms with Crippen LogP contribution in [0.1, 0.15) is 12.7 Å². The Kier molecular flexibility index (Phi) is 8.08. The van der Waals surface area contributed by atoms with Crippen molar-refractivity contribution in [1.29, 1.82) is 0 Å². The van der Waals surface area contributed by atoms with Crippen molar-refractivity contribution in [1.82, 2.24) is 19.7 Å². The van der Waals surface area contributed by atoms with E-state index in [-0.39, 0.29) is 17.8 Å². The summed E-state index contributed by atoms with van der Waals surface area (Å²) in [5.74, 6) is 1.49. The second-order valence-electron chi connectivity index (χ2n) is 7.19. The van der Waals surface area contributed by atoms with Crippen LogP contribution in [-0.4, -0.2) is 58.6 Å². The van der Waals surface area contributed by atoms with Crippen LogP contribution >= 0.6 is 11.8 Å². The van der Waals surface area contributed by atoms with Gasteiger partial charge in [0.1, 0.15) is 12.4 Å². The largest absolute Gasteiger partial charge is 0.485 e. The fourth-order valence-corrected chi connectivity index (χ4v) is 4.12. The zero-order chi connectivity index (χ0) is 22.2. The van der Waals surface area contributed by atoms with E-state index in [2.05, 4.69) is 22.3 Å². The van der Waals surface area contributed by atoms with Crippen molar-refractivity contribution < 1.29 is 14.3 Å². The SMILES string of the molecule is COCCn1c(COc2ccccc2-c2ccccc2)nnc1SC(C)C(=O)N(C)C. The van der Waals surface area contributed by atoms with Gasteiger partial charge in [-0.3, -0.25) is 4.79 Å². The summed E-state index contributed by atoms with van der Waals surface area (Å²) < 4.78 is 13.4. The minimum absolute atomic E-state index is 0.0286. The van der Waals surface area contributed by atoms with Crippen molar-refractivity contribution in [3.05, 3.63) is 60.4 Å². The lowest BCUT2D eigenvalue weighted by Gasteiger charge is -2.17. The second kappa shape index (κ2) is 11.0. The third-order valence-corrected chi connectivity index (χ3v) is 5.78. The summed E-state index contributed by atoms with van der Waals surface area (Å²) >= 11 is 1.39. The average molecular weight is 441 g/mol. The summed E-state index contributed by atoms with van der Waals surface area (Å²) in [4.78, 5) is 13.8. The summed E-state index contributed by atoms with van der Waals surface area (Å²) in [6, 6.07) is 18.1. The number of benzene rings is 2. The highest BCUT2D eigenvalue weighted by Gasteiger charge is 2.21. The molecule has 1 aromatic heterocycles. The number of hydrogen-bond acceptors (Lipinski definition) is 6. The second-order valence-corrected chi connectivity index (χ2v) is 8.49. The van der Waals surface area contributed by atoms with E-state index in [0.717, 1.165) is 16.9 Å². The van der Waals surface area contributed by atoms with Crippen molar-refractivity contribution in [2.45, 2.75) is 30.5 Å². The lowest BCUT2D eigenvalue weighted by Crippen LogP contribution is -2.30. The molecule has 0 spiro atoms. The van der Waals surface area contributed by atoms with Crippen molar-refractivity contribution in [3.63, 3.8) is 0 Å². The molecule has 7 nitrogen and oxygen atoms in total. The third-order valence-electron chi connectivity index (χ3n) is 4.71. The van der Waals surface area contributed by atoms with Crippen LogP contribution in [0.4, 0.5) is 0 Å². The van der Waals surface area contributed by atoms with Gasteiger partial charge in [0.15, 0.2) is 11.0 Å². The minimum atomic E-state index is -0.270. The molecule has 1 heterocycles. The lowest BCUT2D eigenvalue weighted by atomic mass is 10.1. The highest BCUT2D eigenvalue weighted by atomic mass is 32.2. The molecule has 1 unspecified atom stereocenters. The highest BCUT2D eigenvalue weighted by molar-refractivity contribution is 8.00. The Morgan fingerprint density at radius 3 is 2.52 bits per heavy atom. The van der Waals surface area contributed by atoms with E-state index < -0.39 is 0 Å². The molecule has 0 radical (unpaired) electrons. The van der Waals surface area contributed by atoms with Gasteiger partial charge in [-0.05, 0) is 18.6 Å². The van der Waals surface area contributed by atoms with Gasteiger partial charge in [0.25, 0.3) is 0 Å². The molecule has 0 fully saturated rings. The number of ether oxygens (including phenoxy) is 2. The molecule has 0 saturated heterocycles. The molecule has 2 aromatic carbocycles. The van der Waals surface area contributed by atoms with Gasteiger partial charge in [-0.15, -0.1) is 10.2 Å². The summed E-state index contributed by atoms with van der Waals surface area (Å²) in [5, 5.41) is 9.05. The molecule has 0 aliphatic heterocycles. The van der Waals surface area contributed by atoms with Gasteiger partial charge in [0.2, 0.25) is 5.91 Å². The van der Waals surface area contributed by atoms with Gasteiger partial charge in [-0.2, -0.15) is 0 Å². The Bertz CT molecular complexity index is 991. The van der Waals surface area contributed by atoms with Gasteiger partial charge in [0.05, 0.1) is 11.9 Å². The van der Waals surface area contributed by atoms with E-state index in [9.17, 15) is 4.79 Å². The molecule has 0 aliphatic rings. The van der Waals surface area contributed by atoms with Gasteiger partial charge >= 0.3 is 0 Å². The van der Waals surface area contributed by atoms with Crippen LogP contribution < -0.4 is 4.74 Å². The Hall–Kier alpha value is -2.84. The van der Waals surface area contributed by atoms with Gasteiger partial charge in [-0.25, -0.2) is 0 Å². The summed E-state index contributed by atoms with van der Waals surface area (Å²) in [7, 11) is 5.15. The van der Waals surface area contributed by atoms with Gasteiger partial charge in [0, 0.05) is 33.3 Å². The monoisotopic (exact) mass is 440 g/mol. The molecular formula is C23H28N4O3S. The summed E-state index contributed by atoms with van der Waals surface area (Å²) in [6.07, 6.45) is 0. The van der Waals surface area contributed by atoms with Gasteiger partial charge < -0.3 is 18.9 Å². The van der Waals surface area contributed by atoms with E-state index >= 15 is 0 Å². The Morgan fingerprint density at radius 2 is 1.81 bits per heavy atom. The van der Waals surface area contributed by atoms with Gasteiger partial charge in [-0.1, -0.05) is 60.3 Å². The Balaban J connectivity index is 1.79. The molecule has 1 atom stereocenters. The first kappa shape index (κ1) is 22.8.